The van der Waals surface area contributed by atoms with Crippen LogP contribution in [0.2, 0.25) is 0 Å². The summed E-state index contributed by atoms with van der Waals surface area (Å²) in [7, 11) is 1.30. The largest absolute Gasteiger partial charge is 0.481 e. The Labute approximate surface area is 140 Å². The number of carbonyl (C=O) groups is 2. The summed E-state index contributed by atoms with van der Waals surface area (Å²) in [6.45, 7) is -5.18. The molecule has 2 amide bonds. The van der Waals surface area contributed by atoms with Crippen molar-refractivity contribution in [2.75, 3.05) is 18.9 Å². The molecule has 25 heavy (non-hydrogen) atoms. The van der Waals surface area contributed by atoms with E-state index in [-0.39, 0.29) is 12.2 Å². The lowest BCUT2D eigenvalue weighted by Gasteiger charge is -2.21. The quantitative estimate of drug-likeness (QED) is 0.689. The summed E-state index contributed by atoms with van der Waals surface area (Å²) in [6.07, 6.45) is 0. The van der Waals surface area contributed by atoms with Gasteiger partial charge in [-0.25, -0.2) is 4.79 Å². The van der Waals surface area contributed by atoms with Crippen LogP contribution in [-0.4, -0.2) is 48.8 Å². The molecule has 140 valence electrons. The first-order valence-electron chi connectivity index (χ1n) is 6.88. The van der Waals surface area contributed by atoms with Crippen molar-refractivity contribution in [2.24, 2.45) is 5.92 Å². The minimum Gasteiger partial charge on any atom is -0.481 e. The van der Waals surface area contributed by atoms with Gasteiger partial charge in [-0.15, -0.1) is 0 Å². The summed E-state index contributed by atoms with van der Waals surface area (Å²) in [5.74, 6) is -2.98. The topological polar surface area (TPSA) is 88.1 Å². The normalized spacial score (nSPS) is 12.0. The third kappa shape index (κ3) is 6.73. The Balaban J connectivity index is 2.91. The van der Waals surface area contributed by atoms with E-state index in [2.05, 4.69) is 14.8 Å². The molecule has 0 heterocycles. The molecule has 0 fully saturated rings. The zero-order valence-electron chi connectivity index (χ0n) is 13.2. The van der Waals surface area contributed by atoms with Crippen LogP contribution in [0.1, 0.15) is 6.92 Å². The molecular formula is C14H16F4N2O5. The van der Waals surface area contributed by atoms with E-state index in [1.54, 1.807) is 0 Å². The van der Waals surface area contributed by atoms with E-state index in [0.717, 1.165) is 23.1 Å². The van der Waals surface area contributed by atoms with Gasteiger partial charge in [0.2, 0.25) is 0 Å². The average molecular weight is 368 g/mol. The van der Waals surface area contributed by atoms with Gasteiger partial charge in [0, 0.05) is 19.7 Å². The summed E-state index contributed by atoms with van der Waals surface area (Å²) in [5, 5.41) is 11.0. The highest BCUT2D eigenvalue weighted by Crippen LogP contribution is 2.31. The Morgan fingerprint density at radius 2 is 1.80 bits per heavy atom. The van der Waals surface area contributed by atoms with Crippen LogP contribution in [0.15, 0.2) is 18.2 Å². The minimum atomic E-state index is -3.26. The van der Waals surface area contributed by atoms with Crippen molar-refractivity contribution in [3.63, 3.8) is 0 Å². The van der Waals surface area contributed by atoms with Gasteiger partial charge < -0.3 is 24.8 Å². The molecule has 0 aliphatic carbocycles. The van der Waals surface area contributed by atoms with Crippen LogP contribution in [0.25, 0.3) is 0 Å². The number of carboxylic acids is 1. The fraction of sp³-hybridized carbons (Fsp3) is 0.429. The molecule has 0 spiro atoms. The number of halogens is 4. The molecule has 0 saturated carbocycles. The van der Waals surface area contributed by atoms with E-state index < -0.39 is 42.6 Å². The highest BCUT2D eigenvalue weighted by atomic mass is 19.3. The summed E-state index contributed by atoms with van der Waals surface area (Å²) < 4.78 is 57.5. The predicted octanol–water partition coefficient (Wildman–Crippen LogP) is 3.07. The van der Waals surface area contributed by atoms with Gasteiger partial charge in [-0.05, 0) is 12.1 Å². The predicted molar refractivity (Wildman–Crippen MR) is 78.2 cm³/mol. The van der Waals surface area contributed by atoms with Crippen molar-refractivity contribution in [1.29, 1.82) is 0 Å². The first kappa shape index (κ1) is 20.3. The second-order valence-electron chi connectivity index (χ2n) is 4.96. The standard InChI is InChI=1S/C14H16F4N2O5/c1-7(11(21)22)6-20(2)14(23)19-9-4-3-8(24-12(15)16)5-10(9)25-13(17)18/h3-5,7,12-13H,6H2,1-2H3,(H,19,23)(H,21,22). The van der Waals surface area contributed by atoms with Crippen LogP contribution >= 0.6 is 0 Å². The molecule has 0 aromatic heterocycles. The highest BCUT2D eigenvalue weighted by molar-refractivity contribution is 5.91. The van der Waals surface area contributed by atoms with Gasteiger partial charge in [-0.3, -0.25) is 4.79 Å². The average Bonchev–Trinajstić information content (AvgIpc) is 2.48. The number of carboxylic acid groups (broad SMARTS) is 1. The summed E-state index contributed by atoms with van der Waals surface area (Å²) in [6, 6.07) is 2.05. The summed E-state index contributed by atoms with van der Waals surface area (Å²) in [4.78, 5) is 23.8. The number of carbonyl (C=O) groups excluding carboxylic acids is 1. The Bertz CT molecular complexity index is 615. The zero-order chi connectivity index (χ0) is 19.1. The van der Waals surface area contributed by atoms with Gasteiger partial charge in [-0.1, -0.05) is 6.92 Å². The summed E-state index contributed by atoms with van der Waals surface area (Å²) >= 11 is 0. The summed E-state index contributed by atoms with van der Waals surface area (Å²) in [5.41, 5.74) is -0.221. The molecule has 1 unspecified atom stereocenters. The molecule has 2 N–H and O–H groups in total. The van der Waals surface area contributed by atoms with Crippen molar-refractivity contribution in [3.05, 3.63) is 18.2 Å². The van der Waals surface area contributed by atoms with Crippen molar-refractivity contribution in [2.45, 2.75) is 20.1 Å². The first-order chi connectivity index (χ1) is 11.6. The third-order valence-electron chi connectivity index (χ3n) is 2.95. The smallest absolute Gasteiger partial charge is 0.387 e. The number of urea groups is 1. The molecule has 1 aromatic carbocycles. The Hall–Kier alpha value is -2.72. The fourth-order valence-electron chi connectivity index (χ4n) is 1.76. The molecule has 0 radical (unpaired) electrons. The molecular weight excluding hydrogens is 352 g/mol. The van der Waals surface area contributed by atoms with E-state index in [1.165, 1.54) is 14.0 Å². The van der Waals surface area contributed by atoms with E-state index in [4.69, 9.17) is 5.11 Å². The maximum atomic E-state index is 12.5. The molecule has 7 nitrogen and oxygen atoms in total. The van der Waals surface area contributed by atoms with Crippen LogP contribution in [0, 0.1) is 5.92 Å². The number of anilines is 1. The molecule has 11 heteroatoms. The number of benzene rings is 1. The van der Waals surface area contributed by atoms with E-state index in [0.29, 0.717) is 0 Å². The van der Waals surface area contributed by atoms with Crippen LogP contribution < -0.4 is 14.8 Å². The number of aliphatic carboxylic acids is 1. The van der Waals surface area contributed by atoms with Crippen molar-refractivity contribution < 1.29 is 41.7 Å². The van der Waals surface area contributed by atoms with Crippen molar-refractivity contribution in [1.82, 2.24) is 4.90 Å². The van der Waals surface area contributed by atoms with Crippen LogP contribution in [0.5, 0.6) is 11.5 Å². The lowest BCUT2D eigenvalue weighted by Crippen LogP contribution is -2.36. The van der Waals surface area contributed by atoms with Crippen molar-refractivity contribution in [3.8, 4) is 11.5 Å². The maximum absolute atomic E-state index is 12.5. The second kappa shape index (κ2) is 8.94. The van der Waals surface area contributed by atoms with Gasteiger partial charge in [-0.2, -0.15) is 17.6 Å². The molecule has 1 aromatic rings. The van der Waals surface area contributed by atoms with Crippen LogP contribution in [0.4, 0.5) is 28.0 Å². The van der Waals surface area contributed by atoms with Gasteiger partial charge in [0.25, 0.3) is 0 Å². The molecule has 1 atom stereocenters. The number of nitrogens with zero attached hydrogens (tertiary/aromatic N) is 1. The number of amides is 2. The Kier molecular flexibility index (Phi) is 7.27. The van der Waals surface area contributed by atoms with Crippen LogP contribution in [-0.2, 0) is 4.79 Å². The number of ether oxygens (including phenoxy) is 2. The lowest BCUT2D eigenvalue weighted by atomic mass is 10.2. The Morgan fingerprint density at radius 3 is 2.32 bits per heavy atom. The van der Waals surface area contributed by atoms with Crippen LogP contribution in [0.3, 0.4) is 0 Å². The van der Waals surface area contributed by atoms with Gasteiger partial charge in [0.15, 0.2) is 5.75 Å². The Morgan fingerprint density at radius 1 is 1.20 bits per heavy atom. The van der Waals surface area contributed by atoms with Crippen molar-refractivity contribution >= 4 is 17.7 Å². The highest BCUT2D eigenvalue weighted by Gasteiger charge is 2.20. The number of hydrogen-bond acceptors (Lipinski definition) is 4. The number of hydrogen-bond donors (Lipinski definition) is 2. The fourth-order valence-corrected chi connectivity index (χ4v) is 1.76. The number of rotatable bonds is 8. The van der Waals surface area contributed by atoms with Gasteiger partial charge in [0.05, 0.1) is 11.6 Å². The van der Waals surface area contributed by atoms with E-state index >= 15 is 0 Å². The number of alkyl halides is 4. The first-order valence-corrected chi connectivity index (χ1v) is 6.88. The molecule has 1 rings (SSSR count). The minimum absolute atomic E-state index is 0.140. The monoisotopic (exact) mass is 368 g/mol. The van der Waals surface area contributed by atoms with Gasteiger partial charge >= 0.3 is 25.2 Å². The maximum Gasteiger partial charge on any atom is 0.387 e. The number of nitrogens with one attached hydrogen (secondary N) is 1. The zero-order valence-corrected chi connectivity index (χ0v) is 13.2. The van der Waals surface area contributed by atoms with E-state index in [9.17, 15) is 27.2 Å². The molecule has 0 aliphatic rings. The van der Waals surface area contributed by atoms with Gasteiger partial charge in [0.1, 0.15) is 5.75 Å². The molecule has 0 bridgehead atoms. The molecule has 0 aliphatic heterocycles. The van der Waals surface area contributed by atoms with E-state index in [1.807, 2.05) is 0 Å². The SMILES string of the molecule is CC(CN(C)C(=O)Nc1ccc(OC(F)F)cc1OC(F)F)C(=O)O. The third-order valence-corrected chi connectivity index (χ3v) is 2.95. The second-order valence-corrected chi connectivity index (χ2v) is 4.96. The lowest BCUT2D eigenvalue weighted by molar-refractivity contribution is -0.141. The molecule has 0 saturated heterocycles.